The van der Waals surface area contributed by atoms with Crippen LogP contribution in [0.5, 0.6) is 11.5 Å². The average molecular weight is 377 g/mol. The van der Waals surface area contributed by atoms with Gasteiger partial charge in [-0.25, -0.2) is 0 Å². The fraction of sp³-hybridized carbons (Fsp3) is 0.462. The molecule has 6 heteroatoms. The second-order valence-electron chi connectivity index (χ2n) is 4.31. The van der Waals surface area contributed by atoms with E-state index in [4.69, 9.17) is 9.47 Å². The van der Waals surface area contributed by atoms with Crippen LogP contribution >= 0.6 is 24.0 Å². The topological polar surface area (TPSA) is 46.1 Å². The number of guanidine groups is 1. The molecule has 0 saturated carbocycles. The van der Waals surface area contributed by atoms with Crippen molar-refractivity contribution in [1.29, 1.82) is 0 Å². The lowest BCUT2D eigenvalue weighted by atomic mass is 10.1. The Balaban J connectivity index is 0.00000180. The quantitative estimate of drug-likeness (QED) is 0.495. The number of rotatable bonds is 3. The van der Waals surface area contributed by atoms with E-state index in [1.807, 2.05) is 31.1 Å². The molecule has 1 heterocycles. The van der Waals surface area contributed by atoms with E-state index in [1.54, 1.807) is 7.05 Å². The van der Waals surface area contributed by atoms with Gasteiger partial charge in [0.15, 0.2) is 17.5 Å². The summed E-state index contributed by atoms with van der Waals surface area (Å²) in [5.74, 6) is 2.55. The Morgan fingerprint density at radius 2 is 2.05 bits per heavy atom. The average Bonchev–Trinajstić information content (AvgIpc) is 2.81. The summed E-state index contributed by atoms with van der Waals surface area (Å²) in [6.45, 7) is 1.16. The third-order valence-corrected chi connectivity index (χ3v) is 2.77. The molecule has 1 aliphatic heterocycles. The molecule has 0 saturated heterocycles. The van der Waals surface area contributed by atoms with Gasteiger partial charge in [-0.1, -0.05) is 6.07 Å². The van der Waals surface area contributed by atoms with Crippen LogP contribution in [0.2, 0.25) is 0 Å². The Labute approximate surface area is 131 Å². The maximum atomic E-state index is 5.35. The summed E-state index contributed by atoms with van der Waals surface area (Å²) in [6, 6.07) is 6.05. The largest absolute Gasteiger partial charge is 0.454 e. The summed E-state index contributed by atoms with van der Waals surface area (Å²) in [6.07, 6.45) is 0.920. The Morgan fingerprint density at radius 1 is 1.32 bits per heavy atom. The lowest BCUT2D eigenvalue weighted by molar-refractivity contribution is 0.174. The van der Waals surface area contributed by atoms with E-state index in [1.165, 1.54) is 5.56 Å². The smallest absolute Gasteiger partial charge is 0.231 e. The summed E-state index contributed by atoms with van der Waals surface area (Å²) in [5, 5.41) is 3.29. The minimum atomic E-state index is 0. The van der Waals surface area contributed by atoms with Gasteiger partial charge in [0.2, 0.25) is 6.79 Å². The molecule has 0 aromatic heterocycles. The molecule has 0 atom stereocenters. The predicted molar refractivity (Wildman–Crippen MR) is 86.7 cm³/mol. The van der Waals surface area contributed by atoms with Crippen molar-refractivity contribution < 1.29 is 9.47 Å². The number of aliphatic imine (C=N–C) groups is 1. The third-order valence-electron chi connectivity index (χ3n) is 2.77. The van der Waals surface area contributed by atoms with Crippen LogP contribution in [0.25, 0.3) is 0 Å². The molecule has 0 fully saturated rings. The number of nitrogens with one attached hydrogen (secondary N) is 1. The lowest BCUT2D eigenvalue weighted by Crippen LogP contribution is -2.37. The first-order chi connectivity index (χ1) is 8.70. The second-order valence-corrected chi connectivity index (χ2v) is 4.31. The highest BCUT2D eigenvalue weighted by Crippen LogP contribution is 2.32. The lowest BCUT2D eigenvalue weighted by Gasteiger charge is -2.16. The Hall–Kier alpha value is -1.18. The number of hydrogen-bond donors (Lipinski definition) is 1. The van der Waals surface area contributed by atoms with E-state index < -0.39 is 0 Å². The second kappa shape index (κ2) is 7.42. The van der Waals surface area contributed by atoms with E-state index in [9.17, 15) is 0 Å². The van der Waals surface area contributed by atoms with Crippen LogP contribution in [0.15, 0.2) is 23.2 Å². The molecule has 0 spiro atoms. The SMILES string of the molecule is CN=C(NCCc1ccc2c(c1)OCO2)N(C)C.I. The van der Waals surface area contributed by atoms with Crippen LogP contribution in [0.1, 0.15) is 5.56 Å². The van der Waals surface area contributed by atoms with E-state index in [2.05, 4.69) is 16.4 Å². The highest BCUT2D eigenvalue weighted by atomic mass is 127. The van der Waals surface area contributed by atoms with Crippen molar-refractivity contribution in [1.82, 2.24) is 10.2 Å². The number of halogens is 1. The van der Waals surface area contributed by atoms with Crippen molar-refractivity contribution in [3.05, 3.63) is 23.8 Å². The van der Waals surface area contributed by atoms with Crippen molar-refractivity contribution in [2.45, 2.75) is 6.42 Å². The molecule has 5 nitrogen and oxygen atoms in total. The fourth-order valence-electron chi connectivity index (χ4n) is 1.85. The van der Waals surface area contributed by atoms with Crippen LogP contribution in [0, 0.1) is 0 Å². The number of hydrogen-bond acceptors (Lipinski definition) is 3. The molecule has 1 aromatic rings. The van der Waals surface area contributed by atoms with Crippen molar-refractivity contribution in [3.8, 4) is 11.5 Å². The zero-order valence-electron chi connectivity index (χ0n) is 11.5. The number of ether oxygens (including phenoxy) is 2. The standard InChI is InChI=1S/C13H19N3O2.HI/c1-14-13(16(2)3)15-7-6-10-4-5-11-12(8-10)18-9-17-11;/h4-5,8H,6-7,9H2,1-3H3,(H,14,15);1H. The van der Waals surface area contributed by atoms with Gasteiger partial charge in [0, 0.05) is 27.7 Å². The monoisotopic (exact) mass is 377 g/mol. The molecule has 106 valence electrons. The first kappa shape index (κ1) is 15.9. The maximum absolute atomic E-state index is 5.35. The molecule has 0 radical (unpaired) electrons. The summed E-state index contributed by atoms with van der Waals surface area (Å²) in [5.41, 5.74) is 1.22. The zero-order chi connectivity index (χ0) is 13.0. The van der Waals surface area contributed by atoms with E-state index >= 15 is 0 Å². The molecule has 2 rings (SSSR count). The summed E-state index contributed by atoms with van der Waals surface area (Å²) in [4.78, 5) is 6.12. The normalized spacial score (nSPS) is 12.9. The molecule has 0 aliphatic carbocycles. The Kier molecular flexibility index (Phi) is 6.20. The van der Waals surface area contributed by atoms with Gasteiger partial charge in [0.1, 0.15) is 0 Å². The molecule has 1 N–H and O–H groups in total. The highest BCUT2D eigenvalue weighted by Gasteiger charge is 2.12. The maximum Gasteiger partial charge on any atom is 0.231 e. The van der Waals surface area contributed by atoms with Crippen LogP contribution < -0.4 is 14.8 Å². The van der Waals surface area contributed by atoms with Crippen LogP contribution in [0.4, 0.5) is 0 Å². The fourth-order valence-corrected chi connectivity index (χ4v) is 1.85. The molecular weight excluding hydrogens is 357 g/mol. The molecule has 0 bridgehead atoms. The van der Waals surface area contributed by atoms with Gasteiger partial charge in [-0.15, -0.1) is 24.0 Å². The summed E-state index contributed by atoms with van der Waals surface area (Å²) >= 11 is 0. The first-order valence-corrected chi connectivity index (χ1v) is 5.97. The van der Waals surface area contributed by atoms with Crippen LogP contribution in [-0.2, 0) is 6.42 Å². The molecular formula is C13H20IN3O2. The van der Waals surface area contributed by atoms with Crippen molar-refractivity contribution in [2.24, 2.45) is 4.99 Å². The van der Waals surface area contributed by atoms with Gasteiger partial charge >= 0.3 is 0 Å². The number of fused-ring (bicyclic) bond motifs is 1. The molecule has 1 aliphatic rings. The van der Waals surface area contributed by atoms with Gasteiger partial charge in [0.05, 0.1) is 0 Å². The molecule has 0 amide bonds. The van der Waals surface area contributed by atoms with Crippen molar-refractivity contribution >= 4 is 29.9 Å². The highest BCUT2D eigenvalue weighted by molar-refractivity contribution is 14.0. The molecule has 0 unspecified atom stereocenters. The van der Waals surface area contributed by atoms with Gasteiger partial charge in [-0.3, -0.25) is 4.99 Å². The van der Waals surface area contributed by atoms with Gasteiger partial charge < -0.3 is 19.7 Å². The van der Waals surface area contributed by atoms with Crippen LogP contribution in [-0.4, -0.2) is 45.3 Å². The predicted octanol–water partition coefficient (Wildman–Crippen LogP) is 1.71. The van der Waals surface area contributed by atoms with Crippen LogP contribution in [0.3, 0.4) is 0 Å². The zero-order valence-corrected chi connectivity index (χ0v) is 13.8. The Bertz CT molecular complexity index is 450. The van der Waals surface area contributed by atoms with Crippen molar-refractivity contribution in [3.63, 3.8) is 0 Å². The van der Waals surface area contributed by atoms with Gasteiger partial charge in [-0.05, 0) is 24.1 Å². The molecule has 1 aromatic carbocycles. The van der Waals surface area contributed by atoms with Crippen molar-refractivity contribution in [2.75, 3.05) is 34.5 Å². The van der Waals surface area contributed by atoms with Gasteiger partial charge in [0.25, 0.3) is 0 Å². The summed E-state index contributed by atoms with van der Waals surface area (Å²) < 4.78 is 10.6. The number of benzene rings is 1. The van der Waals surface area contributed by atoms with Gasteiger partial charge in [-0.2, -0.15) is 0 Å². The Morgan fingerprint density at radius 3 is 2.74 bits per heavy atom. The first-order valence-electron chi connectivity index (χ1n) is 5.97. The number of nitrogens with zero attached hydrogens (tertiary/aromatic N) is 2. The minimum absolute atomic E-state index is 0. The third kappa shape index (κ3) is 4.15. The summed E-state index contributed by atoms with van der Waals surface area (Å²) in [7, 11) is 5.72. The van der Waals surface area contributed by atoms with E-state index in [0.717, 1.165) is 30.4 Å². The molecule has 19 heavy (non-hydrogen) atoms. The van der Waals surface area contributed by atoms with E-state index in [-0.39, 0.29) is 24.0 Å². The van der Waals surface area contributed by atoms with E-state index in [0.29, 0.717) is 6.79 Å². The minimum Gasteiger partial charge on any atom is -0.454 e.